The predicted molar refractivity (Wildman–Crippen MR) is 126 cm³/mol. The molecule has 0 saturated heterocycles. The van der Waals surface area contributed by atoms with Gasteiger partial charge in [0.2, 0.25) is 11.7 Å². The maximum absolute atomic E-state index is 13.2. The first-order valence-corrected chi connectivity index (χ1v) is 10.9. The number of aromatic nitrogens is 4. The quantitative estimate of drug-likeness (QED) is 0.393. The number of fused-ring (bicyclic) bond motifs is 1. The van der Waals surface area contributed by atoms with Crippen LogP contribution in [-0.4, -0.2) is 25.6 Å². The van der Waals surface area contributed by atoms with E-state index in [0.717, 1.165) is 22.4 Å². The van der Waals surface area contributed by atoms with Crippen molar-refractivity contribution in [2.24, 2.45) is 7.05 Å². The highest BCUT2D eigenvalue weighted by atomic mass is 16.5. The van der Waals surface area contributed by atoms with Gasteiger partial charge in [0, 0.05) is 19.5 Å². The zero-order chi connectivity index (χ0) is 23.5. The van der Waals surface area contributed by atoms with Gasteiger partial charge in [0.1, 0.15) is 17.6 Å². The van der Waals surface area contributed by atoms with Gasteiger partial charge in [-0.05, 0) is 42.0 Å². The molecule has 2 aromatic heterocycles. The molecule has 8 nitrogen and oxygen atoms in total. The van der Waals surface area contributed by atoms with Gasteiger partial charge in [-0.15, -0.1) is 0 Å². The van der Waals surface area contributed by atoms with Crippen molar-refractivity contribution in [3.8, 4) is 5.75 Å². The second kappa shape index (κ2) is 9.19. The van der Waals surface area contributed by atoms with E-state index < -0.39 is 6.04 Å². The Morgan fingerprint density at radius 1 is 1.00 bits per heavy atom. The summed E-state index contributed by atoms with van der Waals surface area (Å²) in [5.41, 5.74) is 3.35. The van der Waals surface area contributed by atoms with Crippen molar-refractivity contribution >= 4 is 16.9 Å². The number of nitrogens with one attached hydrogen (secondary N) is 1. The number of carbonyl (C=O) groups excluding carboxylic acids is 1. The number of benzene rings is 3. The first-order chi connectivity index (χ1) is 16.6. The Bertz CT molecular complexity index is 1420. The third kappa shape index (κ3) is 4.38. The Kier molecular flexibility index (Phi) is 5.78. The molecule has 0 saturated carbocycles. The molecule has 0 spiro atoms. The van der Waals surface area contributed by atoms with Gasteiger partial charge in [0.05, 0.1) is 11.0 Å². The van der Waals surface area contributed by atoms with Gasteiger partial charge < -0.3 is 19.1 Å². The fourth-order valence-electron chi connectivity index (χ4n) is 3.83. The summed E-state index contributed by atoms with van der Waals surface area (Å²) in [5.74, 6) is 2.11. The third-order valence-electron chi connectivity index (χ3n) is 5.54. The molecule has 0 aliphatic heterocycles. The molecule has 1 amide bonds. The summed E-state index contributed by atoms with van der Waals surface area (Å²) in [6, 6.07) is 24.3. The Morgan fingerprint density at radius 2 is 1.74 bits per heavy atom. The molecule has 3 aromatic carbocycles. The molecule has 2 heterocycles. The highest BCUT2D eigenvalue weighted by molar-refractivity contribution is 5.94. The highest BCUT2D eigenvalue weighted by Crippen LogP contribution is 2.25. The maximum Gasteiger partial charge on any atom is 0.252 e. The SMILES string of the molecule is Cc1nc(COc2ccc(C(=O)NC(c3ccccc3)c3nc4ccccc4n3C)cc2)no1. The lowest BCUT2D eigenvalue weighted by Gasteiger charge is -2.19. The second-order valence-electron chi connectivity index (χ2n) is 7.88. The minimum Gasteiger partial charge on any atom is -0.485 e. The Morgan fingerprint density at radius 3 is 2.44 bits per heavy atom. The summed E-state index contributed by atoms with van der Waals surface area (Å²) < 4.78 is 12.6. The lowest BCUT2D eigenvalue weighted by molar-refractivity contribution is 0.0941. The fourth-order valence-corrected chi connectivity index (χ4v) is 3.83. The molecule has 5 rings (SSSR count). The average molecular weight is 454 g/mol. The molecule has 170 valence electrons. The van der Waals surface area contributed by atoms with Crippen LogP contribution < -0.4 is 10.1 Å². The largest absolute Gasteiger partial charge is 0.485 e. The third-order valence-corrected chi connectivity index (χ3v) is 5.54. The predicted octanol–water partition coefficient (Wildman–Crippen LogP) is 4.36. The normalized spacial score (nSPS) is 11.9. The monoisotopic (exact) mass is 453 g/mol. The summed E-state index contributed by atoms with van der Waals surface area (Å²) >= 11 is 0. The Balaban J connectivity index is 1.37. The first-order valence-electron chi connectivity index (χ1n) is 10.9. The van der Waals surface area contributed by atoms with Crippen molar-refractivity contribution in [1.82, 2.24) is 25.0 Å². The van der Waals surface area contributed by atoms with Crippen LogP contribution in [-0.2, 0) is 13.7 Å². The van der Waals surface area contributed by atoms with E-state index in [1.165, 1.54) is 0 Å². The van der Waals surface area contributed by atoms with Crippen molar-refractivity contribution in [1.29, 1.82) is 0 Å². The van der Waals surface area contributed by atoms with Crippen LogP contribution in [0.3, 0.4) is 0 Å². The van der Waals surface area contributed by atoms with Crippen LogP contribution in [0.15, 0.2) is 83.4 Å². The van der Waals surface area contributed by atoms with Crippen molar-refractivity contribution in [3.05, 3.63) is 108 Å². The van der Waals surface area contributed by atoms with E-state index in [1.807, 2.05) is 66.2 Å². The van der Waals surface area contributed by atoms with Crippen molar-refractivity contribution in [3.63, 3.8) is 0 Å². The number of aryl methyl sites for hydroxylation is 2. The van der Waals surface area contributed by atoms with E-state index in [0.29, 0.717) is 23.0 Å². The number of hydrogen-bond donors (Lipinski definition) is 1. The molecule has 0 radical (unpaired) electrons. The van der Waals surface area contributed by atoms with Crippen LogP contribution >= 0.6 is 0 Å². The molecule has 1 N–H and O–H groups in total. The smallest absolute Gasteiger partial charge is 0.252 e. The average Bonchev–Trinajstić information content (AvgIpc) is 3.44. The minimum atomic E-state index is -0.413. The van der Waals surface area contributed by atoms with E-state index in [1.54, 1.807) is 31.2 Å². The van der Waals surface area contributed by atoms with Crippen molar-refractivity contribution in [2.75, 3.05) is 0 Å². The van der Waals surface area contributed by atoms with Crippen LogP contribution in [0.2, 0.25) is 0 Å². The fraction of sp³-hybridized carbons (Fsp3) is 0.154. The number of rotatable bonds is 7. The molecular weight excluding hydrogens is 430 g/mol. The van der Waals surface area contributed by atoms with Gasteiger partial charge in [0.25, 0.3) is 5.91 Å². The summed E-state index contributed by atoms with van der Waals surface area (Å²) in [7, 11) is 1.96. The van der Waals surface area contributed by atoms with Gasteiger partial charge >= 0.3 is 0 Å². The summed E-state index contributed by atoms with van der Waals surface area (Å²) in [4.78, 5) is 22.1. The second-order valence-corrected chi connectivity index (χ2v) is 7.88. The van der Waals surface area contributed by atoms with Gasteiger partial charge in [0.15, 0.2) is 6.61 Å². The number of imidazole rings is 1. The molecule has 0 aliphatic carbocycles. The van der Waals surface area contributed by atoms with Gasteiger partial charge in [-0.3, -0.25) is 4.79 Å². The van der Waals surface area contributed by atoms with Crippen LogP contribution in [0.25, 0.3) is 11.0 Å². The molecule has 8 heteroatoms. The zero-order valence-electron chi connectivity index (χ0n) is 18.8. The lowest BCUT2D eigenvalue weighted by atomic mass is 10.1. The van der Waals surface area contributed by atoms with Gasteiger partial charge in [-0.25, -0.2) is 4.98 Å². The molecule has 1 unspecified atom stereocenters. The first kappa shape index (κ1) is 21.4. The molecule has 0 fully saturated rings. The number of hydrogen-bond acceptors (Lipinski definition) is 6. The van der Waals surface area contributed by atoms with Gasteiger partial charge in [-0.2, -0.15) is 4.98 Å². The molecular formula is C26H23N5O3. The van der Waals surface area contributed by atoms with E-state index in [4.69, 9.17) is 14.2 Å². The lowest BCUT2D eigenvalue weighted by Crippen LogP contribution is -2.31. The summed E-state index contributed by atoms with van der Waals surface area (Å²) in [5, 5.41) is 6.96. The minimum absolute atomic E-state index is 0.186. The van der Waals surface area contributed by atoms with E-state index >= 15 is 0 Å². The molecule has 1 atom stereocenters. The highest BCUT2D eigenvalue weighted by Gasteiger charge is 2.23. The van der Waals surface area contributed by atoms with E-state index in [2.05, 4.69) is 15.5 Å². The standard InChI is InChI=1S/C26H23N5O3/c1-17-27-23(30-34-17)16-33-20-14-12-19(13-15-20)26(32)29-24(18-8-4-3-5-9-18)25-28-21-10-6-7-11-22(21)31(25)2/h3-15,24H,16H2,1-2H3,(H,29,32). The molecule has 0 aliphatic rings. The van der Waals surface area contributed by atoms with Gasteiger partial charge in [-0.1, -0.05) is 47.6 Å². The van der Waals surface area contributed by atoms with Crippen LogP contribution in [0.1, 0.15) is 39.5 Å². The van der Waals surface area contributed by atoms with Crippen LogP contribution in [0.5, 0.6) is 5.75 Å². The molecule has 0 bridgehead atoms. The summed E-state index contributed by atoms with van der Waals surface area (Å²) in [6.45, 7) is 1.91. The number of nitrogens with zero attached hydrogens (tertiary/aromatic N) is 4. The Hall–Kier alpha value is -4.46. The molecule has 34 heavy (non-hydrogen) atoms. The molecule has 5 aromatic rings. The van der Waals surface area contributed by atoms with Crippen LogP contribution in [0, 0.1) is 6.92 Å². The van der Waals surface area contributed by atoms with Crippen LogP contribution in [0.4, 0.5) is 0 Å². The number of para-hydroxylation sites is 2. The number of carbonyl (C=O) groups is 1. The maximum atomic E-state index is 13.2. The Labute approximate surface area is 196 Å². The van der Waals surface area contributed by atoms with E-state index in [9.17, 15) is 4.79 Å². The van der Waals surface area contributed by atoms with Crippen molar-refractivity contribution in [2.45, 2.75) is 19.6 Å². The number of ether oxygens (including phenoxy) is 1. The zero-order valence-corrected chi connectivity index (χ0v) is 18.8. The van der Waals surface area contributed by atoms with E-state index in [-0.39, 0.29) is 12.5 Å². The summed E-state index contributed by atoms with van der Waals surface area (Å²) in [6.07, 6.45) is 0. The van der Waals surface area contributed by atoms with Crippen molar-refractivity contribution < 1.29 is 14.1 Å². The number of amides is 1. The topological polar surface area (TPSA) is 95.1 Å².